The van der Waals surface area contributed by atoms with E-state index in [0.29, 0.717) is 6.42 Å². The number of methoxy groups -OCH3 is 1. The lowest BCUT2D eigenvalue weighted by atomic mass is 9.78. The number of azo groups is 1. The summed E-state index contributed by atoms with van der Waals surface area (Å²) in [4.78, 5) is 11.1. The second-order valence-electron chi connectivity index (χ2n) is 8.08. The molecule has 0 spiro atoms. The molecule has 5 heteroatoms. The van der Waals surface area contributed by atoms with Crippen molar-refractivity contribution in [3.05, 3.63) is 102 Å². The fourth-order valence-corrected chi connectivity index (χ4v) is 3.54. The third-order valence-corrected chi connectivity index (χ3v) is 5.31. The van der Waals surface area contributed by atoms with E-state index in [1.165, 1.54) is 0 Å². The first kappa shape index (κ1) is 22.2. The van der Waals surface area contributed by atoms with Gasteiger partial charge < -0.3 is 9.84 Å². The first-order valence-electron chi connectivity index (χ1n) is 10.3. The maximum absolute atomic E-state index is 11.1. The molecule has 0 radical (unpaired) electrons. The van der Waals surface area contributed by atoms with Crippen LogP contribution in [0.3, 0.4) is 0 Å². The van der Waals surface area contributed by atoms with E-state index in [4.69, 9.17) is 20.1 Å². The minimum atomic E-state index is -0.880. The fourth-order valence-electron chi connectivity index (χ4n) is 3.54. The summed E-state index contributed by atoms with van der Waals surface area (Å²) in [6.45, 7) is 3.82. The third kappa shape index (κ3) is 5.18. The van der Waals surface area contributed by atoms with Crippen LogP contribution in [-0.2, 0) is 10.3 Å². The molecule has 0 heterocycles. The second kappa shape index (κ2) is 9.56. The standard InChI is InChI=1S/C26H28N2O3/c1-25(2,19-18-24(29)30)27-28-26(20-10-6-4-7-11-20,21-12-8-5-9-13-21)22-14-16-23(31-3)17-15-22/h4-17H,18-19H2,1-3H3,(H,29,30)/b28-27+. The Hall–Kier alpha value is -3.47. The number of benzene rings is 3. The van der Waals surface area contributed by atoms with Crippen LogP contribution in [0.15, 0.2) is 95.2 Å². The Balaban J connectivity index is 2.22. The van der Waals surface area contributed by atoms with Crippen LogP contribution < -0.4 is 4.74 Å². The van der Waals surface area contributed by atoms with E-state index in [1.807, 2.05) is 98.8 Å². The van der Waals surface area contributed by atoms with Crippen molar-refractivity contribution in [1.82, 2.24) is 0 Å². The summed E-state index contributed by atoms with van der Waals surface area (Å²) in [6.07, 6.45) is 0.437. The van der Waals surface area contributed by atoms with Crippen molar-refractivity contribution >= 4 is 5.97 Å². The van der Waals surface area contributed by atoms with Gasteiger partial charge in [-0.3, -0.25) is 4.79 Å². The Morgan fingerprint density at radius 1 is 0.806 bits per heavy atom. The Morgan fingerprint density at radius 3 is 1.74 bits per heavy atom. The van der Waals surface area contributed by atoms with Gasteiger partial charge in [-0.25, -0.2) is 0 Å². The molecule has 0 unspecified atom stereocenters. The topological polar surface area (TPSA) is 71.2 Å². The zero-order chi connectivity index (χ0) is 22.3. The summed E-state index contributed by atoms with van der Waals surface area (Å²) in [6, 6.07) is 27.9. The van der Waals surface area contributed by atoms with Crippen molar-refractivity contribution in [3.63, 3.8) is 0 Å². The Bertz CT molecular complexity index is 974. The van der Waals surface area contributed by atoms with Crippen LogP contribution in [0.2, 0.25) is 0 Å². The highest BCUT2D eigenvalue weighted by atomic mass is 16.5. The number of aliphatic carboxylic acids is 1. The van der Waals surface area contributed by atoms with Crippen LogP contribution in [-0.4, -0.2) is 23.7 Å². The number of nitrogens with zero attached hydrogens (tertiary/aromatic N) is 2. The van der Waals surface area contributed by atoms with Crippen LogP contribution in [0.1, 0.15) is 43.4 Å². The van der Waals surface area contributed by atoms with Gasteiger partial charge >= 0.3 is 5.97 Å². The van der Waals surface area contributed by atoms with Gasteiger partial charge in [0.25, 0.3) is 0 Å². The molecule has 5 nitrogen and oxygen atoms in total. The molecule has 3 aromatic carbocycles. The Morgan fingerprint density at radius 2 is 1.29 bits per heavy atom. The lowest BCUT2D eigenvalue weighted by Crippen LogP contribution is -2.28. The van der Waals surface area contributed by atoms with E-state index in [9.17, 15) is 4.79 Å². The van der Waals surface area contributed by atoms with Gasteiger partial charge in [0.15, 0.2) is 5.54 Å². The predicted octanol–water partition coefficient (Wildman–Crippen LogP) is 6.08. The van der Waals surface area contributed by atoms with Crippen molar-refractivity contribution in [2.24, 2.45) is 10.2 Å². The van der Waals surface area contributed by atoms with Gasteiger partial charge in [0, 0.05) is 6.42 Å². The van der Waals surface area contributed by atoms with Crippen molar-refractivity contribution in [2.45, 2.75) is 37.8 Å². The van der Waals surface area contributed by atoms with Crippen LogP contribution >= 0.6 is 0 Å². The monoisotopic (exact) mass is 416 g/mol. The molecule has 31 heavy (non-hydrogen) atoms. The molecule has 3 aromatic rings. The number of rotatable bonds is 9. The van der Waals surface area contributed by atoms with Crippen molar-refractivity contribution < 1.29 is 14.6 Å². The van der Waals surface area contributed by atoms with E-state index in [1.54, 1.807) is 7.11 Å². The summed E-state index contributed by atoms with van der Waals surface area (Å²) in [5.74, 6) is -0.0756. The second-order valence-corrected chi connectivity index (χ2v) is 8.08. The SMILES string of the molecule is COc1ccc(C(/N=N/C(C)(C)CCC(=O)O)(c2ccccc2)c2ccccc2)cc1. The van der Waals surface area contributed by atoms with Gasteiger partial charge in [-0.15, -0.1) is 0 Å². The minimum Gasteiger partial charge on any atom is -0.497 e. The third-order valence-electron chi connectivity index (χ3n) is 5.31. The maximum atomic E-state index is 11.1. The molecule has 0 saturated carbocycles. The zero-order valence-corrected chi connectivity index (χ0v) is 18.2. The highest BCUT2D eigenvalue weighted by Gasteiger charge is 2.37. The number of carbonyl (C=O) groups is 1. The summed E-state index contributed by atoms with van der Waals surface area (Å²) in [5.41, 5.74) is 1.39. The van der Waals surface area contributed by atoms with Crippen LogP contribution in [0, 0.1) is 0 Å². The Kier molecular flexibility index (Phi) is 6.85. The molecule has 0 aliphatic carbocycles. The zero-order valence-electron chi connectivity index (χ0n) is 18.2. The van der Waals surface area contributed by atoms with Crippen LogP contribution in [0.4, 0.5) is 0 Å². The molecule has 0 aliphatic heterocycles. The average Bonchev–Trinajstić information content (AvgIpc) is 2.80. The summed E-state index contributed by atoms with van der Waals surface area (Å²) < 4.78 is 5.35. The molecule has 0 aromatic heterocycles. The van der Waals surface area contributed by atoms with E-state index >= 15 is 0 Å². The highest BCUT2D eigenvalue weighted by molar-refractivity contribution is 5.66. The molecule has 0 fully saturated rings. The number of carboxylic acid groups (broad SMARTS) is 1. The number of ether oxygens (including phenoxy) is 1. The smallest absolute Gasteiger partial charge is 0.303 e. The molecule has 0 aliphatic rings. The van der Waals surface area contributed by atoms with Gasteiger partial charge in [0.1, 0.15) is 5.75 Å². The minimum absolute atomic E-state index is 0.0399. The number of carboxylic acids is 1. The number of hydrogen-bond donors (Lipinski definition) is 1. The molecule has 0 amide bonds. The summed E-state index contributed by atoms with van der Waals surface area (Å²) in [5, 5.41) is 18.8. The first-order valence-corrected chi connectivity index (χ1v) is 10.3. The molecule has 0 saturated heterocycles. The molecule has 0 bridgehead atoms. The van der Waals surface area contributed by atoms with E-state index in [2.05, 4.69) is 0 Å². The molecule has 160 valence electrons. The van der Waals surface area contributed by atoms with Gasteiger partial charge in [0.2, 0.25) is 0 Å². The van der Waals surface area contributed by atoms with Crippen molar-refractivity contribution in [2.75, 3.05) is 7.11 Å². The number of hydrogen-bond acceptors (Lipinski definition) is 4. The molecular formula is C26H28N2O3. The normalized spacial score (nSPS) is 12.1. The quantitative estimate of drug-likeness (QED) is 0.339. The first-order chi connectivity index (χ1) is 14.9. The molecular weight excluding hydrogens is 388 g/mol. The van der Waals surface area contributed by atoms with E-state index in [-0.39, 0.29) is 6.42 Å². The van der Waals surface area contributed by atoms with Crippen LogP contribution in [0.25, 0.3) is 0 Å². The van der Waals surface area contributed by atoms with Gasteiger partial charge in [-0.05, 0) is 49.1 Å². The highest BCUT2D eigenvalue weighted by Crippen LogP contribution is 2.42. The molecule has 0 atom stereocenters. The van der Waals surface area contributed by atoms with E-state index in [0.717, 1.165) is 22.4 Å². The lowest BCUT2D eigenvalue weighted by molar-refractivity contribution is -0.137. The molecule has 3 rings (SSSR count). The average molecular weight is 417 g/mol. The molecule has 1 N–H and O–H groups in total. The predicted molar refractivity (Wildman–Crippen MR) is 122 cm³/mol. The summed E-state index contributed by atoms with van der Waals surface area (Å²) >= 11 is 0. The van der Waals surface area contributed by atoms with Crippen LogP contribution in [0.5, 0.6) is 5.75 Å². The maximum Gasteiger partial charge on any atom is 0.303 e. The van der Waals surface area contributed by atoms with Gasteiger partial charge in [0.05, 0.1) is 12.6 Å². The van der Waals surface area contributed by atoms with Gasteiger partial charge in [-0.1, -0.05) is 72.8 Å². The van der Waals surface area contributed by atoms with Crippen molar-refractivity contribution in [1.29, 1.82) is 0 Å². The van der Waals surface area contributed by atoms with Crippen molar-refractivity contribution in [3.8, 4) is 5.75 Å². The largest absolute Gasteiger partial charge is 0.497 e. The Labute approximate surface area is 183 Å². The fraction of sp³-hybridized carbons (Fsp3) is 0.269. The van der Waals surface area contributed by atoms with E-state index < -0.39 is 17.0 Å². The summed E-state index contributed by atoms with van der Waals surface area (Å²) in [7, 11) is 1.64. The van der Waals surface area contributed by atoms with Gasteiger partial charge in [-0.2, -0.15) is 10.2 Å². The lowest BCUT2D eigenvalue weighted by Gasteiger charge is -2.32.